The van der Waals surface area contributed by atoms with E-state index in [0.29, 0.717) is 4.57 Å². The van der Waals surface area contributed by atoms with E-state index < -0.39 is 73.1 Å². The number of halogens is 3. The molecule has 2 heterocycles. The third kappa shape index (κ3) is 6.71. The molecule has 0 radical (unpaired) electrons. The zero-order chi connectivity index (χ0) is 28.3. The molecule has 0 amide bonds. The molecule has 16 heteroatoms. The number of aromatic amines is 1. The summed E-state index contributed by atoms with van der Waals surface area (Å²) in [5, 5.41) is 13.2. The van der Waals surface area contributed by atoms with Crippen molar-refractivity contribution < 1.29 is 41.6 Å². The van der Waals surface area contributed by atoms with Gasteiger partial charge in [0.1, 0.15) is 17.9 Å². The van der Waals surface area contributed by atoms with Crippen LogP contribution in [0.3, 0.4) is 0 Å². The molecule has 1 saturated heterocycles. The molecule has 0 bridgehead atoms. The first kappa shape index (κ1) is 30.0. The fraction of sp³-hybridized carbons (Fsp3) is 0.500. The number of benzene rings is 1. The number of aliphatic hydroxyl groups is 1. The number of nitrogens with one attached hydrogen (secondary N) is 2. The summed E-state index contributed by atoms with van der Waals surface area (Å²) in [4.78, 5) is 37.7. The Morgan fingerprint density at radius 3 is 2.50 bits per heavy atom. The average Bonchev–Trinajstić information content (AvgIpc) is 3.09. The van der Waals surface area contributed by atoms with Gasteiger partial charge in [-0.3, -0.25) is 19.1 Å². The van der Waals surface area contributed by atoms with E-state index in [2.05, 4.69) is 5.09 Å². The van der Waals surface area contributed by atoms with E-state index in [0.717, 1.165) is 12.3 Å². The molecule has 0 spiro atoms. The second kappa shape index (κ2) is 12.1. The molecule has 0 saturated carbocycles. The summed E-state index contributed by atoms with van der Waals surface area (Å²) in [7, 11) is 0. The molecule has 2 aromatic rings. The summed E-state index contributed by atoms with van der Waals surface area (Å²) in [6.07, 6.45) is -10.2. The number of rotatable bonds is 11. The normalized spacial score (nSPS) is 25.8. The fourth-order valence-electron chi connectivity index (χ4n) is 3.51. The van der Waals surface area contributed by atoms with Gasteiger partial charge in [-0.1, -0.05) is 18.2 Å². The lowest BCUT2D eigenvalue weighted by atomic mass is 9.97. The Kier molecular flexibility index (Phi) is 9.55. The summed E-state index contributed by atoms with van der Waals surface area (Å²) in [6, 6.07) is 7.66. The van der Waals surface area contributed by atoms with Gasteiger partial charge < -0.3 is 23.6 Å². The molecule has 210 valence electrons. The molecule has 1 aliphatic heterocycles. The van der Waals surface area contributed by atoms with Gasteiger partial charge in [-0.05, 0) is 44.7 Å². The minimum absolute atomic E-state index is 0.174. The second-order valence-electron chi connectivity index (χ2n) is 8.68. The van der Waals surface area contributed by atoms with Crippen molar-refractivity contribution in [3.8, 4) is 5.75 Å². The number of aromatic nitrogens is 2. The van der Waals surface area contributed by atoms with Gasteiger partial charge in [0.25, 0.3) is 12.0 Å². The van der Waals surface area contributed by atoms with Crippen LogP contribution in [0.5, 0.6) is 5.75 Å². The Morgan fingerprint density at radius 2 is 1.92 bits per heavy atom. The van der Waals surface area contributed by atoms with Gasteiger partial charge in [0.2, 0.25) is 0 Å². The molecule has 3 rings (SSSR count). The molecule has 1 aliphatic rings. The van der Waals surface area contributed by atoms with Crippen molar-refractivity contribution in [2.45, 2.75) is 63.4 Å². The number of H-pyrrole nitrogens is 1. The lowest BCUT2D eigenvalue weighted by molar-refractivity contribution is -0.192. The van der Waals surface area contributed by atoms with Gasteiger partial charge in [-0.15, -0.1) is 0 Å². The number of nitrogens with zero attached hydrogens (tertiary/aromatic N) is 1. The van der Waals surface area contributed by atoms with Crippen LogP contribution in [0.1, 0.15) is 27.0 Å². The molecule has 1 aromatic carbocycles. The molecular formula is C22H27F3N3O8PS. The van der Waals surface area contributed by atoms with Gasteiger partial charge in [0, 0.05) is 12.3 Å². The summed E-state index contributed by atoms with van der Waals surface area (Å²) < 4.78 is 66.0. The monoisotopic (exact) mass is 581 g/mol. The highest BCUT2D eigenvalue weighted by Crippen LogP contribution is 2.49. The smallest absolute Gasteiger partial charge is 0.330 e. The number of carbonyl (C=O) groups is 1. The number of esters is 1. The first-order valence-electron chi connectivity index (χ1n) is 11.3. The van der Waals surface area contributed by atoms with Crippen molar-refractivity contribution >= 4 is 24.4 Å². The zero-order valence-electron chi connectivity index (χ0n) is 20.5. The van der Waals surface area contributed by atoms with Crippen molar-refractivity contribution in [1.82, 2.24) is 14.6 Å². The van der Waals surface area contributed by atoms with Crippen molar-refractivity contribution in [1.29, 1.82) is 0 Å². The van der Waals surface area contributed by atoms with E-state index in [4.69, 9.17) is 30.3 Å². The molecule has 6 atom stereocenters. The molecular weight excluding hydrogens is 554 g/mol. The molecule has 0 aliphatic carbocycles. The summed E-state index contributed by atoms with van der Waals surface area (Å²) >= 11 is 5.47. The molecule has 11 nitrogen and oxygen atoms in total. The first-order valence-corrected chi connectivity index (χ1v) is 14.0. The Morgan fingerprint density at radius 1 is 1.26 bits per heavy atom. The second-order valence-corrected chi connectivity index (χ2v) is 11.8. The third-order valence-electron chi connectivity index (χ3n) is 5.40. The molecule has 1 aromatic heterocycles. The highest BCUT2D eigenvalue weighted by molar-refractivity contribution is 8.09. The quantitative estimate of drug-likeness (QED) is 0.267. The van der Waals surface area contributed by atoms with Crippen LogP contribution in [-0.2, 0) is 30.6 Å². The molecule has 1 unspecified atom stereocenters. The van der Waals surface area contributed by atoms with Crippen molar-refractivity contribution in [3.63, 3.8) is 0 Å². The maximum Gasteiger partial charge on any atom is 0.330 e. The van der Waals surface area contributed by atoms with E-state index in [1.807, 2.05) is 4.98 Å². The lowest BCUT2D eigenvalue weighted by Gasteiger charge is -2.34. The van der Waals surface area contributed by atoms with Crippen LogP contribution in [0.15, 0.2) is 52.2 Å². The Bertz CT molecular complexity index is 1280. The minimum atomic E-state index is -3.86. The number of aliphatic hydroxyl groups excluding tert-OH is 1. The van der Waals surface area contributed by atoms with Gasteiger partial charge in [-0.2, -0.15) is 0 Å². The zero-order valence-corrected chi connectivity index (χ0v) is 22.2. The van der Waals surface area contributed by atoms with Crippen molar-refractivity contribution in [3.05, 3.63) is 63.4 Å². The number of hydrogen-bond donors (Lipinski definition) is 3. The van der Waals surface area contributed by atoms with Crippen LogP contribution < -0.4 is 20.9 Å². The van der Waals surface area contributed by atoms with Gasteiger partial charge in [-0.25, -0.2) is 23.1 Å². The summed E-state index contributed by atoms with van der Waals surface area (Å²) in [6.45, 7) is -0.411. The van der Waals surface area contributed by atoms with Crippen LogP contribution in [0.25, 0.3) is 0 Å². The molecule has 38 heavy (non-hydrogen) atoms. The highest BCUT2D eigenvalue weighted by atomic mass is 32.5. The molecule has 3 N–H and O–H groups in total. The van der Waals surface area contributed by atoms with Crippen LogP contribution in [0.2, 0.25) is 0 Å². The predicted molar refractivity (Wildman–Crippen MR) is 132 cm³/mol. The average molecular weight is 582 g/mol. The van der Waals surface area contributed by atoms with Crippen LogP contribution in [-0.4, -0.2) is 63.7 Å². The predicted octanol–water partition coefficient (Wildman–Crippen LogP) is 2.02. The number of carbonyl (C=O) groups excluding carboxylic acids is 1. The van der Waals surface area contributed by atoms with Gasteiger partial charge >= 0.3 is 18.3 Å². The van der Waals surface area contributed by atoms with E-state index >= 15 is 4.39 Å². The van der Waals surface area contributed by atoms with Gasteiger partial charge in [0.05, 0.1) is 12.7 Å². The maximum atomic E-state index is 15.1. The van der Waals surface area contributed by atoms with E-state index in [1.54, 1.807) is 32.0 Å². The van der Waals surface area contributed by atoms with Crippen LogP contribution >= 0.6 is 6.64 Å². The molecule has 1 fully saturated rings. The van der Waals surface area contributed by atoms with Crippen LogP contribution in [0.4, 0.5) is 13.2 Å². The van der Waals surface area contributed by atoms with Crippen LogP contribution in [0, 0.1) is 0 Å². The SMILES string of the molecule is CC(C)OC(=O)[C@H](C)NP(=S)(OC[C@@]1(C(F)F)O[C@@H](n2ccc(=O)[nH]c2=O)[C@H](F)[C@@H]1O)Oc1ccccc1. The van der Waals surface area contributed by atoms with E-state index in [-0.39, 0.29) is 5.75 Å². The highest BCUT2D eigenvalue weighted by Gasteiger charge is 2.62. The maximum absolute atomic E-state index is 15.1. The van der Waals surface area contributed by atoms with Gasteiger partial charge in [0.15, 0.2) is 18.0 Å². The number of ether oxygens (including phenoxy) is 2. The lowest BCUT2D eigenvalue weighted by Crippen LogP contribution is -2.52. The topological polar surface area (TPSA) is 141 Å². The standard InChI is InChI=1S/C22H27F3N3O8PS/c1-12(2)34-19(31)13(3)27-37(38,36-14-7-5-4-6-8-14)33-11-22(20(24)25)17(30)16(23)18(35-22)28-10-9-15(29)26-21(28)32/h4-10,12-13,16-18,20,30H,11H2,1-3H3,(H,27,38)(H,26,29,32)/t13-,16+,17-,18+,22+,37?/m0/s1. The first-order chi connectivity index (χ1) is 17.8. The summed E-state index contributed by atoms with van der Waals surface area (Å²) in [5.41, 5.74) is -4.94. The summed E-state index contributed by atoms with van der Waals surface area (Å²) in [5.74, 6) is -0.552. The minimum Gasteiger partial charge on any atom is -0.462 e. The Labute approximate surface area is 220 Å². The number of alkyl halides is 3. The Hall–Kier alpha value is -2.55. The largest absolute Gasteiger partial charge is 0.462 e. The van der Waals surface area contributed by atoms with Crippen molar-refractivity contribution in [2.75, 3.05) is 6.61 Å². The van der Waals surface area contributed by atoms with E-state index in [9.17, 15) is 28.3 Å². The Balaban J connectivity index is 1.90. The van der Waals surface area contributed by atoms with E-state index in [1.165, 1.54) is 19.1 Å². The number of hydrogen-bond acceptors (Lipinski definition) is 9. The van der Waals surface area contributed by atoms with Crippen molar-refractivity contribution in [2.24, 2.45) is 0 Å². The third-order valence-corrected chi connectivity index (χ3v) is 7.88. The fourth-order valence-corrected chi connectivity index (χ4v) is 5.93. The number of para-hydroxylation sites is 1.